The van der Waals surface area contributed by atoms with Gasteiger partial charge in [0.15, 0.2) is 0 Å². The van der Waals surface area contributed by atoms with Crippen molar-refractivity contribution >= 4 is 44.9 Å². The van der Waals surface area contributed by atoms with Crippen LogP contribution in [0.2, 0.25) is 5.02 Å². The van der Waals surface area contributed by atoms with E-state index in [4.69, 9.17) is 11.6 Å². The first-order valence-corrected chi connectivity index (χ1v) is 11.9. The molecule has 1 aliphatic rings. The Bertz CT molecular complexity index is 1410. The minimum atomic E-state index is -0.505. The molecule has 0 atom stereocenters. The topological polar surface area (TPSA) is 81.8 Å². The molecular weight excluding hydrogens is 465 g/mol. The van der Waals surface area contributed by atoms with Crippen molar-refractivity contribution in [3.8, 4) is 0 Å². The van der Waals surface area contributed by atoms with Gasteiger partial charge in [-0.05, 0) is 48.9 Å². The number of rotatable bonds is 6. The van der Waals surface area contributed by atoms with Gasteiger partial charge in [0.1, 0.15) is 16.5 Å². The number of nitrogens with zero attached hydrogens (tertiary/aromatic N) is 4. The Hall–Kier alpha value is -3.04. The second-order valence-electron chi connectivity index (χ2n) is 8.05. The monoisotopic (exact) mass is 485 g/mol. The van der Waals surface area contributed by atoms with Gasteiger partial charge >= 0.3 is 0 Å². The number of hydrogen-bond acceptors (Lipinski definition) is 5. The van der Waals surface area contributed by atoms with Crippen molar-refractivity contribution in [1.82, 2.24) is 19.3 Å². The highest BCUT2D eigenvalue weighted by atomic mass is 35.5. The van der Waals surface area contributed by atoms with Crippen molar-refractivity contribution in [1.29, 1.82) is 0 Å². The lowest BCUT2D eigenvalue weighted by Gasteiger charge is -2.11. The van der Waals surface area contributed by atoms with Gasteiger partial charge in [0, 0.05) is 23.9 Å². The summed E-state index contributed by atoms with van der Waals surface area (Å²) in [4.78, 5) is 32.2. The molecule has 0 saturated carbocycles. The van der Waals surface area contributed by atoms with Gasteiger partial charge in [0.05, 0.1) is 29.5 Å². The Morgan fingerprint density at radius 1 is 1.24 bits per heavy atom. The summed E-state index contributed by atoms with van der Waals surface area (Å²) in [6.07, 6.45) is 7.36. The summed E-state index contributed by atoms with van der Waals surface area (Å²) in [5, 5.41) is 7.79. The maximum Gasteiger partial charge on any atom is 0.262 e. The van der Waals surface area contributed by atoms with Gasteiger partial charge < -0.3 is 5.32 Å². The minimum Gasteiger partial charge on any atom is -0.311 e. The molecule has 10 heteroatoms. The number of benzene rings is 1. The predicted octanol–water partition coefficient (Wildman–Crippen LogP) is 4.40. The normalized spacial score (nSPS) is 13.3. The molecule has 0 spiro atoms. The molecule has 0 bridgehead atoms. The summed E-state index contributed by atoms with van der Waals surface area (Å²) in [6, 6.07) is 6.20. The van der Waals surface area contributed by atoms with E-state index in [1.54, 1.807) is 34.3 Å². The molecule has 0 aliphatic heterocycles. The first-order valence-electron chi connectivity index (χ1n) is 10.7. The molecule has 0 fully saturated rings. The zero-order valence-corrected chi connectivity index (χ0v) is 19.3. The molecule has 4 aromatic rings. The SMILES string of the molecule is O=C(CCn1cnc2sc3c(c2c1=O)CCCC3)Nc1ccnn1Cc1ccc(Cl)c(F)c1. The van der Waals surface area contributed by atoms with Crippen LogP contribution in [0.5, 0.6) is 0 Å². The Labute approximate surface area is 197 Å². The molecule has 0 radical (unpaired) electrons. The first-order chi connectivity index (χ1) is 16.0. The van der Waals surface area contributed by atoms with E-state index in [2.05, 4.69) is 15.4 Å². The molecule has 33 heavy (non-hydrogen) atoms. The van der Waals surface area contributed by atoms with Crippen LogP contribution in [0.4, 0.5) is 10.2 Å². The van der Waals surface area contributed by atoms with E-state index in [9.17, 15) is 14.0 Å². The van der Waals surface area contributed by atoms with Gasteiger partial charge in [-0.15, -0.1) is 11.3 Å². The third-order valence-electron chi connectivity index (χ3n) is 5.82. The standard InChI is InChI=1S/C23H21ClFN5O2S/c24-16-6-5-14(11-17(16)25)12-30-19(7-9-27-30)28-20(31)8-10-29-13-26-22-21(23(29)32)15-3-1-2-4-18(15)33-22/h5-7,9,11,13H,1-4,8,10,12H2,(H,28,31). The number of thiophene rings is 1. The third kappa shape index (κ3) is 4.43. The Morgan fingerprint density at radius 2 is 2.09 bits per heavy atom. The van der Waals surface area contributed by atoms with Gasteiger partial charge in [-0.3, -0.25) is 14.2 Å². The molecule has 7 nitrogen and oxygen atoms in total. The number of amides is 1. The van der Waals surface area contributed by atoms with Crippen LogP contribution in [0.3, 0.4) is 0 Å². The van der Waals surface area contributed by atoms with Crippen LogP contribution >= 0.6 is 22.9 Å². The van der Waals surface area contributed by atoms with Crippen LogP contribution in [0.25, 0.3) is 10.2 Å². The van der Waals surface area contributed by atoms with Crippen LogP contribution in [-0.4, -0.2) is 25.2 Å². The number of aromatic nitrogens is 4. The van der Waals surface area contributed by atoms with E-state index in [-0.39, 0.29) is 36.0 Å². The highest BCUT2D eigenvalue weighted by Crippen LogP contribution is 2.33. The van der Waals surface area contributed by atoms with E-state index >= 15 is 0 Å². The van der Waals surface area contributed by atoms with E-state index in [0.29, 0.717) is 16.8 Å². The average molecular weight is 486 g/mol. The number of fused-ring (bicyclic) bond motifs is 3. The van der Waals surface area contributed by atoms with E-state index < -0.39 is 5.82 Å². The second kappa shape index (κ2) is 9.07. The fraction of sp³-hybridized carbons (Fsp3) is 0.304. The van der Waals surface area contributed by atoms with Gasteiger partial charge in [-0.25, -0.2) is 14.1 Å². The fourth-order valence-electron chi connectivity index (χ4n) is 4.14. The van der Waals surface area contributed by atoms with E-state index in [0.717, 1.165) is 36.1 Å². The Morgan fingerprint density at radius 3 is 2.94 bits per heavy atom. The Kier molecular flexibility index (Phi) is 5.99. The second-order valence-corrected chi connectivity index (χ2v) is 9.55. The highest BCUT2D eigenvalue weighted by molar-refractivity contribution is 7.18. The van der Waals surface area contributed by atoms with Crippen molar-refractivity contribution in [2.75, 3.05) is 5.32 Å². The van der Waals surface area contributed by atoms with Crippen molar-refractivity contribution < 1.29 is 9.18 Å². The lowest BCUT2D eigenvalue weighted by molar-refractivity contribution is -0.116. The lowest BCUT2D eigenvalue weighted by atomic mass is 9.97. The molecular formula is C23H21ClFN5O2S. The summed E-state index contributed by atoms with van der Waals surface area (Å²) >= 11 is 7.35. The summed E-state index contributed by atoms with van der Waals surface area (Å²) in [5.74, 6) is -0.267. The number of halogens is 2. The molecule has 3 aromatic heterocycles. The third-order valence-corrected chi connectivity index (χ3v) is 7.33. The smallest absolute Gasteiger partial charge is 0.262 e. The number of carbonyl (C=O) groups is 1. The average Bonchev–Trinajstić information content (AvgIpc) is 3.40. The summed E-state index contributed by atoms with van der Waals surface area (Å²) < 4.78 is 16.8. The molecule has 3 heterocycles. The highest BCUT2D eigenvalue weighted by Gasteiger charge is 2.20. The molecule has 1 amide bonds. The summed E-state index contributed by atoms with van der Waals surface area (Å²) in [7, 11) is 0. The van der Waals surface area contributed by atoms with Crippen LogP contribution < -0.4 is 10.9 Å². The summed E-state index contributed by atoms with van der Waals surface area (Å²) in [5.41, 5.74) is 1.73. The molecule has 0 unspecified atom stereocenters. The molecule has 1 aromatic carbocycles. The summed E-state index contributed by atoms with van der Waals surface area (Å²) in [6.45, 7) is 0.509. The van der Waals surface area contributed by atoms with Crippen molar-refractivity contribution in [3.05, 3.63) is 74.0 Å². The van der Waals surface area contributed by atoms with Crippen molar-refractivity contribution in [2.24, 2.45) is 0 Å². The first kappa shape index (κ1) is 21.8. The van der Waals surface area contributed by atoms with Crippen LogP contribution in [0, 0.1) is 5.82 Å². The number of anilines is 1. The molecule has 1 aliphatic carbocycles. The number of carbonyl (C=O) groups excluding carboxylic acids is 1. The number of hydrogen-bond donors (Lipinski definition) is 1. The van der Waals surface area contributed by atoms with Crippen LogP contribution in [0.15, 0.2) is 41.6 Å². The van der Waals surface area contributed by atoms with Gasteiger partial charge in [-0.2, -0.15) is 5.10 Å². The predicted molar refractivity (Wildman–Crippen MR) is 127 cm³/mol. The quantitative estimate of drug-likeness (QED) is 0.439. The molecule has 5 rings (SSSR count). The van der Waals surface area contributed by atoms with E-state index in [1.807, 2.05) is 0 Å². The Balaban J connectivity index is 1.27. The van der Waals surface area contributed by atoms with Gasteiger partial charge in [-0.1, -0.05) is 17.7 Å². The van der Waals surface area contributed by atoms with E-state index in [1.165, 1.54) is 27.9 Å². The molecule has 170 valence electrons. The van der Waals surface area contributed by atoms with Gasteiger partial charge in [0.25, 0.3) is 5.56 Å². The molecule has 1 N–H and O–H groups in total. The lowest BCUT2D eigenvalue weighted by Crippen LogP contribution is -2.24. The fourth-order valence-corrected chi connectivity index (χ4v) is 5.48. The van der Waals surface area contributed by atoms with Gasteiger partial charge in [0.2, 0.25) is 5.91 Å². The largest absolute Gasteiger partial charge is 0.311 e. The zero-order valence-electron chi connectivity index (χ0n) is 17.7. The molecule has 0 saturated heterocycles. The zero-order chi connectivity index (χ0) is 22.9. The maximum absolute atomic E-state index is 13.7. The number of nitrogens with one attached hydrogen (secondary N) is 1. The maximum atomic E-state index is 13.7. The minimum absolute atomic E-state index is 0.0543. The van der Waals surface area contributed by atoms with Crippen molar-refractivity contribution in [2.45, 2.75) is 45.2 Å². The van der Waals surface area contributed by atoms with Crippen molar-refractivity contribution in [3.63, 3.8) is 0 Å². The number of aryl methyl sites for hydroxylation is 3. The van der Waals surface area contributed by atoms with Crippen LogP contribution in [-0.2, 0) is 30.7 Å². The van der Waals surface area contributed by atoms with Crippen LogP contribution in [0.1, 0.15) is 35.3 Å².